The number of imide groups is 1. The molecule has 0 saturated heterocycles. The fourth-order valence-electron chi connectivity index (χ4n) is 1.86. The number of nitrogens with zero attached hydrogens (tertiary/aromatic N) is 1. The Balaban J connectivity index is 1.78. The molecule has 128 valence electrons. The van der Waals surface area contributed by atoms with Gasteiger partial charge in [0, 0.05) is 11.8 Å². The van der Waals surface area contributed by atoms with Crippen molar-refractivity contribution in [1.82, 2.24) is 20.6 Å². The fourth-order valence-corrected chi connectivity index (χ4v) is 2.55. The third kappa shape index (κ3) is 5.92. The third-order valence-corrected chi connectivity index (χ3v) is 3.75. The first kappa shape index (κ1) is 17.8. The smallest absolute Gasteiger partial charge is 0.321 e. The Morgan fingerprint density at radius 1 is 1.42 bits per heavy atom. The van der Waals surface area contributed by atoms with Gasteiger partial charge in [0.25, 0.3) is 5.56 Å². The Bertz CT molecular complexity index is 742. The number of aryl methyl sites for hydroxylation is 1. The van der Waals surface area contributed by atoms with Gasteiger partial charge in [0.15, 0.2) is 5.16 Å². The van der Waals surface area contributed by atoms with Crippen molar-refractivity contribution in [2.75, 3.05) is 5.75 Å². The van der Waals surface area contributed by atoms with E-state index in [1.54, 1.807) is 12.1 Å². The number of hydrogen-bond donors (Lipinski definition) is 3. The maximum Gasteiger partial charge on any atom is 0.321 e. The highest BCUT2D eigenvalue weighted by molar-refractivity contribution is 7.99. The van der Waals surface area contributed by atoms with Crippen molar-refractivity contribution in [3.8, 4) is 0 Å². The zero-order chi connectivity index (χ0) is 17.4. The first-order chi connectivity index (χ1) is 11.6. The number of amides is 3. The number of nitrogens with one attached hydrogen (secondary N) is 3. The van der Waals surface area contributed by atoms with Gasteiger partial charge in [-0.3, -0.25) is 14.9 Å². The van der Waals surface area contributed by atoms with Gasteiger partial charge in [-0.1, -0.05) is 25.1 Å². The van der Waals surface area contributed by atoms with E-state index in [2.05, 4.69) is 20.6 Å². The summed E-state index contributed by atoms with van der Waals surface area (Å²) < 4.78 is 5.06. The highest BCUT2D eigenvalue weighted by Crippen LogP contribution is 2.11. The predicted molar refractivity (Wildman–Crippen MR) is 88.7 cm³/mol. The molecule has 0 aromatic carbocycles. The zero-order valence-corrected chi connectivity index (χ0v) is 13.9. The Hall–Kier alpha value is -2.55. The molecule has 0 aliphatic carbocycles. The summed E-state index contributed by atoms with van der Waals surface area (Å²) >= 11 is 1.06. The molecule has 0 aliphatic rings. The van der Waals surface area contributed by atoms with Gasteiger partial charge in [0.1, 0.15) is 5.76 Å². The van der Waals surface area contributed by atoms with Crippen LogP contribution < -0.4 is 16.2 Å². The van der Waals surface area contributed by atoms with Crippen molar-refractivity contribution < 1.29 is 14.0 Å². The van der Waals surface area contributed by atoms with Crippen molar-refractivity contribution in [2.45, 2.75) is 31.5 Å². The van der Waals surface area contributed by atoms with Crippen LogP contribution in [0.1, 0.15) is 24.8 Å². The first-order valence-electron chi connectivity index (χ1n) is 7.40. The first-order valence-corrected chi connectivity index (χ1v) is 8.38. The topological polar surface area (TPSA) is 117 Å². The van der Waals surface area contributed by atoms with Gasteiger partial charge in [0.2, 0.25) is 5.91 Å². The summed E-state index contributed by atoms with van der Waals surface area (Å²) in [5.41, 5.74) is 0.424. The Labute approximate surface area is 142 Å². The van der Waals surface area contributed by atoms with Crippen molar-refractivity contribution in [2.24, 2.45) is 0 Å². The molecule has 2 rings (SSSR count). The summed E-state index contributed by atoms with van der Waals surface area (Å²) in [6.07, 6.45) is 3.06. The number of urea groups is 1. The van der Waals surface area contributed by atoms with E-state index in [4.69, 9.17) is 4.42 Å². The number of carbonyl (C=O) groups is 2. The highest BCUT2D eigenvalue weighted by Gasteiger charge is 2.10. The SMILES string of the molecule is CCCc1cc(=O)[nH]c(SCC(=O)NC(=O)NCc2ccco2)n1. The lowest BCUT2D eigenvalue weighted by atomic mass is 10.2. The van der Waals surface area contributed by atoms with Crippen LogP contribution in [0, 0.1) is 0 Å². The van der Waals surface area contributed by atoms with E-state index in [0.29, 0.717) is 23.0 Å². The summed E-state index contributed by atoms with van der Waals surface area (Å²) in [5.74, 6) is 0.0640. The molecule has 0 aliphatic heterocycles. The zero-order valence-electron chi connectivity index (χ0n) is 13.1. The number of carbonyl (C=O) groups excluding carboxylic acids is 2. The summed E-state index contributed by atoms with van der Waals surface area (Å²) in [5, 5.41) is 5.06. The lowest BCUT2D eigenvalue weighted by molar-refractivity contribution is -0.117. The molecule has 2 aromatic heterocycles. The van der Waals surface area contributed by atoms with Gasteiger partial charge < -0.3 is 14.7 Å². The minimum atomic E-state index is -0.613. The summed E-state index contributed by atoms with van der Waals surface area (Å²) in [4.78, 5) is 41.7. The molecule has 0 bridgehead atoms. The van der Waals surface area contributed by atoms with Crippen LogP contribution >= 0.6 is 11.8 Å². The van der Waals surface area contributed by atoms with Crippen molar-refractivity contribution in [1.29, 1.82) is 0 Å². The standard InChI is InChI=1S/C15H18N4O4S/c1-2-4-10-7-12(20)19-15(17-10)24-9-13(21)18-14(22)16-8-11-5-3-6-23-11/h3,5-7H,2,4,8-9H2,1H3,(H,17,19,20)(H2,16,18,21,22). The number of aromatic amines is 1. The minimum Gasteiger partial charge on any atom is -0.467 e. The summed E-state index contributed by atoms with van der Waals surface area (Å²) in [6.45, 7) is 2.18. The van der Waals surface area contributed by atoms with Crippen molar-refractivity contribution in [3.63, 3.8) is 0 Å². The highest BCUT2D eigenvalue weighted by atomic mass is 32.2. The van der Waals surface area contributed by atoms with Gasteiger partial charge in [-0.25, -0.2) is 9.78 Å². The molecule has 2 heterocycles. The molecule has 0 spiro atoms. The monoisotopic (exact) mass is 350 g/mol. The summed E-state index contributed by atoms with van der Waals surface area (Å²) in [6, 6.07) is 4.24. The fraction of sp³-hybridized carbons (Fsp3) is 0.333. The molecular formula is C15H18N4O4S. The molecule has 2 aromatic rings. The number of thioether (sulfide) groups is 1. The molecule has 0 atom stereocenters. The van der Waals surface area contributed by atoms with E-state index in [1.807, 2.05) is 6.92 Å². The Morgan fingerprint density at radius 3 is 2.96 bits per heavy atom. The van der Waals surface area contributed by atoms with Crippen LogP contribution in [0.25, 0.3) is 0 Å². The predicted octanol–water partition coefficient (Wildman–Crippen LogP) is 1.43. The molecule has 24 heavy (non-hydrogen) atoms. The molecule has 0 unspecified atom stereocenters. The molecule has 0 radical (unpaired) electrons. The second kappa shape index (κ2) is 8.92. The number of hydrogen-bond acceptors (Lipinski definition) is 6. The van der Waals surface area contributed by atoms with Gasteiger partial charge in [-0.05, 0) is 18.6 Å². The van der Waals surface area contributed by atoms with Crippen LogP contribution in [-0.2, 0) is 17.8 Å². The quantitative estimate of drug-likeness (QED) is 0.514. The summed E-state index contributed by atoms with van der Waals surface area (Å²) in [7, 11) is 0. The van der Waals surface area contributed by atoms with Crippen LogP contribution in [0.4, 0.5) is 4.79 Å². The molecule has 9 heteroatoms. The van der Waals surface area contributed by atoms with Crippen LogP contribution in [0.2, 0.25) is 0 Å². The van der Waals surface area contributed by atoms with E-state index >= 15 is 0 Å². The van der Waals surface area contributed by atoms with E-state index in [-0.39, 0.29) is 17.9 Å². The van der Waals surface area contributed by atoms with Crippen LogP contribution in [0.15, 0.2) is 38.8 Å². The maximum absolute atomic E-state index is 11.7. The Morgan fingerprint density at radius 2 is 2.25 bits per heavy atom. The normalized spacial score (nSPS) is 10.4. The number of aromatic nitrogens is 2. The van der Waals surface area contributed by atoms with Gasteiger partial charge in [0.05, 0.1) is 18.6 Å². The number of H-pyrrole nitrogens is 1. The molecule has 8 nitrogen and oxygen atoms in total. The van der Waals surface area contributed by atoms with Gasteiger partial charge in [-0.2, -0.15) is 0 Å². The third-order valence-electron chi connectivity index (χ3n) is 2.88. The maximum atomic E-state index is 11.7. The second-order valence-corrected chi connectivity index (χ2v) is 5.85. The molecule has 0 fully saturated rings. The molecule has 3 N–H and O–H groups in total. The molecule has 0 saturated carbocycles. The van der Waals surface area contributed by atoms with E-state index in [1.165, 1.54) is 12.3 Å². The van der Waals surface area contributed by atoms with Crippen molar-refractivity contribution >= 4 is 23.7 Å². The lowest BCUT2D eigenvalue weighted by Crippen LogP contribution is -2.39. The average molecular weight is 350 g/mol. The van der Waals surface area contributed by atoms with E-state index in [0.717, 1.165) is 18.2 Å². The van der Waals surface area contributed by atoms with Crippen LogP contribution in [-0.4, -0.2) is 27.7 Å². The van der Waals surface area contributed by atoms with E-state index < -0.39 is 11.9 Å². The number of furan rings is 1. The Kier molecular flexibility index (Phi) is 6.62. The molecular weight excluding hydrogens is 332 g/mol. The second-order valence-electron chi connectivity index (χ2n) is 4.89. The van der Waals surface area contributed by atoms with Crippen LogP contribution in [0.3, 0.4) is 0 Å². The molecule has 3 amide bonds. The van der Waals surface area contributed by atoms with Crippen molar-refractivity contribution in [3.05, 3.63) is 46.3 Å². The van der Waals surface area contributed by atoms with Gasteiger partial charge >= 0.3 is 6.03 Å². The number of rotatable bonds is 7. The van der Waals surface area contributed by atoms with Crippen LogP contribution in [0.5, 0.6) is 0 Å². The average Bonchev–Trinajstić information content (AvgIpc) is 3.04. The lowest BCUT2D eigenvalue weighted by Gasteiger charge is -2.06. The largest absolute Gasteiger partial charge is 0.467 e. The minimum absolute atomic E-state index is 0.0350. The van der Waals surface area contributed by atoms with E-state index in [9.17, 15) is 14.4 Å². The van der Waals surface area contributed by atoms with Gasteiger partial charge in [-0.15, -0.1) is 0 Å².